The number of fused-ring (bicyclic) bond motifs is 2. The number of hydrogen-bond acceptors (Lipinski definition) is 5. The molecule has 8 heteroatoms. The summed E-state index contributed by atoms with van der Waals surface area (Å²) in [7, 11) is -0.481. The zero-order valence-electron chi connectivity index (χ0n) is 19.4. The smallest absolute Gasteiger partial charge is 0.264 e. The van der Waals surface area contributed by atoms with Crippen molar-refractivity contribution in [2.45, 2.75) is 29.6 Å². The largest absolute Gasteiger partial charge is 0.383 e. The van der Waals surface area contributed by atoms with Gasteiger partial charge in [0.15, 0.2) is 0 Å². The van der Waals surface area contributed by atoms with Gasteiger partial charge in [-0.15, -0.1) is 0 Å². The van der Waals surface area contributed by atoms with Gasteiger partial charge in [0.2, 0.25) is 5.91 Å². The Morgan fingerprint density at radius 3 is 2.62 bits per heavy atom. The van der Waals surface area contributed by atoms with Crippen molar-refractivity contribution in [1.29, 1.82) is 0 Å². The molecule has 0 fully saturated rings. The molecule has 1 aliphatic rings. The number of carbonyl (C=O) groups excluding carboxylic acids is 1. The number of nitrogens with zero attached hydrogens (tertiary/aromatic N) is 1. The predicted molar refractivity (Wildman–Crippen MR) is 135 cm³/mol. The molecule has 0 heterocycles. The molecule has 0 spiro atoms. The lowest BCUT2D eigenvalue weighted by Crippen LogP contribution is -2.47. The Kier molecular flexibility index (Phi) is 7.28. The van der Waals surface area contributed by atoms with Crippen LogP contribution < -0.4 is 4.72 Å². The van der Waals surface area contributed by atoms with Gasteiger partial charge in [0.1, 0.15) is 0 Å². The quantitative estimate of drug-likeness (QED) is 0.477. The van der Waals surface area contributed by atoms with Gasteiger partial charge in [-0.05, 0) is 61.5 Å². The summed E-state index contributed by atoms with van der Waals surface area (Å²) < 4.78 is 34.4. The zero-order valence-corrected chi connectivity index (χ0v) is 21.0. The second kappa shape index (κ2) is 10.0. The maximum atomic E-state index is 13.8. The minimum atomic E-state index is -4.09. The normalized spacial score (nSPS) is 17.8. The molecule has 0 bridgehead atoms. The van der Waals surface area contributed by atoms with Crippen molar-refractivity contribution in [3.63, 3.8) is 0 Å². The van der Waals surface area contributed by atoms with Gasteiger partial charge in [0.05, 0.1) is 16.9 Å². The first kappa shape index (κ1) is 24.7. The van der Waals surface area contributed by atoms with Crippen LogP contribution in [0.25, 0.3) is 10.8 Å². The van der Waals surface area contributed by atoms with Crippen molar-refractivity contribution in [3.05, 3.63) is 76.8 Å². The van der Waals surface area contributed by atoms with Crippen LogP contribution in [0.5, 0.6) is 0 Å². The number of rotatable bonds is 9. The van der Waals surface area contributed by atoms with Gasteiger partial charge >= 0.3 is 0 Å². The summed E-state index contributed by atoms with van der Waals surface area (Å²) in [5.41, 5.74) is 0.742. The van der Waals surface area contributed by atoms with Crippen LogP contribution in [0.4, 0.5) is 0 Å². The van der Waals surface area contributed by atoms with Crippen LogP contribution in [-0.4, -0.2) is 53.1 Å². The molecule has 1 aliphatic carbocycles. The SMILES string of the molecule is COCCN(C)CCC1(C(=O)NS(=O)(=O)c2cccc3ccccc23)CCc2c(Cl)cccc21. The van der Waals surface area contributed by atoms with Gasteiger partial charge in [-0.2, -0.15) is 0 Å². The van der Waals surface area contributed by atoms with Crippen molar-refractivity contribution >= 4 is 38.3 Å². The molecule has 3 aromatic rings. The average Bonchev–Trinajstić information content (AvgIpc) is 3.22. The van der Waals surface area contributed by atoms with E-state index in [1.165, 1.54) is 6.07 Å². The van der Waals surface area contributed by atoms with E-state index in [0.29, 0.717) is 49.4 Å². The number of ether oxygens (including phenoxy) is 1. The second-order valence-electron chi connectivity index (χ2n) is 8.81. The van der Waals surface area contributed by atoms with E-state index >= 15 is 0 Å². The summed E-state index contributed by atoms with van der Waals surface area (Å²) in [5, 5.41) is 1.98. The molecule has 0 saturated heterocycles. The van der Waals surface area contributed by atoms with E-state index in [-0.39, 0.29) is 4.90 Å². The lowest BCUT2D eigenvalue weighted by atomic mass is 9.78. The Labute approximate surface area is 205 Å². The standard InChI is InChI=1S/C26H29ClN2O4S/c1-29(17-18-33-2)16-15-26(14-13-21-22(26)10-6-11-23(21)27)25(30)28-34(31,32)24-12-5-8-19-7-3-4-9-20(19)24/h3-12H,13-18H2,1-2H3,(H,28,30). The number of halogens is 1. The molecule has 0 radical (unpaired) electrons. The van der Waals surface area contributed by atoms with Crippen LogP contribution in [0.2, 0.25) is 5.02 Å². The number of likely N-dealkylation sites (N-methyl/N-ethyl adjacent to an activating group) is 1. The lowest BCUT2D eigenvalue weighted by molar-refractivity contribution is -0.125. The Hall–Kier alpha value is -2.45. The highest BCUT2D eigenvalue weighted by Crippen LogP contribution is 2.45. The number of sulfonamides is 1. The van der Waals surface area contributed by atoms with Crippen LogP contribution >= 0.6 is 11.6 Å². The Balaban J connectivity index is 1.69. The minimum absolute atomic E-state index is 0.0932. The summed E-state index contributed by atoms with van der Waals surface area (Å²) in [6, 6.07) is 17.8. The third-order valence-corrected chi connectivity index (χ3v) is 8.48. The highest BCUT2D eigenvalue weighted by Gasteiger charge is 2.47. The molecule has 180 valence electrons. The van der Waals surface area contributed by atoms with Crippen LogP contribution in [-0.2, 0) is 31.4 Å². The van der Waals surface area contributed by atoms with Crippen LogP contribution in [0.3, 0.4) is 0 Å². The number of hydrogen-bond donors (Lipinski definition) is 1. The van der Waals surface area contributed by atoms with E-state index in [1.54, 1.807) is 25.3 Å². The fourth-order valence-corrected chi connectivity index (χ4v) is 6.34. The summed E-state index contributed by atoms with van der Waals surface area (Å²) in [6.07, 6.45) is 1.59. The van der Waals surface area contributed by atoms with Gasteiger partial charge in [0.25, 0.3) is 10.0 Å². The fourth-order valence-electron chi connectivity index (χ4n) is 4.79. The highest BCUT2D eigenvalue weighted by atomic mass is 35.5. The van der Waals surface area contributed by atoms with E-state index in [1.807, 2.05) is 43.4 Å². The van der Waals surface area contributed by atoms with Crippen LogP contribution in [0.15, 0.2) is 65.6 Å². The fraction of sp³-hybridized carbons (Fsp3) is 0.346. The molecule has 1 atom stereocenters. The van der Waals surface area contributed by atoms with Gasteiger partial charge < -0.3 is 9.64 Å². The maximum Gasteiger partial charge on any atom is 0.264 e. The second-order valence-corrected chi connectivity index (χ2v) is 10.9. The first-order chi connectivity index (χ1) is 16.3. The topological polar surface area (TPSA) is 75.7 Å². The molecule has 6 nitrogen and oxygen atoms in total. The third-order valence-electron chi connectivity index (χ3n) is 6.73. The summed E-state index contributed by atoms with van der Waals surface area (Å²) >= 11 is 6.45. The van der Waals surface area contributed by atoms with Crippen LogP contribution in [0, 0.1) is 0 Å². The first-order valence-electron chi connectivity index (χ1n) is 11.3. The van der Waals surface area contributed by atoms with E-state index in [4.69, 9.17) is 16.3 Å². The molecule has 0 saturated carbocycles. The third kappa shape index (κ3) is 4.70. The molecule has 0 aliphatic heterocycles. The molecular formula is C26H29ClN2O4S. The van der Waals surface area contributed by atoms with E-state index in [9.17, 15) is 13.2 Å². The minimum Gasteiger partial charge on any atom is -0.383 e. The van der Waals surface area contributed by atoms with E-state index in [0.717, 1.165) is 16.5 Å². The summed E-state index contributed by atoms with van der Waals surface area (Å²) in [5.74, 6) is -0.512. The molecule has 34 heavy (non-hydrogen) atoms. The Bertz CT molecular complexity index is 1310. The monoisotopic (exact) mass is 500 g/mol. The summed E-state index contributed by atoms with van der Waals surface area (Å²) in [4.78, 5) is 16.0. The van der Waals surface area contributed by atoms with Gasteiger partial charge in [-0.25, -0.2) is 13.1 Å². The molecule has 4 rings (SSSR count). The lowest BCUT2D eigenvalue weighted by Gasteiger charge is -2.31. The zero-order chi connectivity index (χ0) is 24.3. The Morgan fingerprint density at radius 1 is 1.09 bits per heavy atom. The molecule has 1 N–H and O–H groups in total. The number of amides is 1. The average molecular weight is 501 g/mol. The van der Waals surface area contributed by atoms with E-state index < -0.39 is 21.3 Å². The van der Waals surface area contributed by atoms with Gasteiger partial charge in [-0.3, -0.25) is 4.79 Å². The van der Waals surface area contributed by atoms with Gasteiger partial charge in [-0.1, -0.05) is 60.1 Å². The van der Waals surface area contributed by atoms with Crippen molar-refractivity contribution in [3.8, 4) is 0 Å². The van der Waals surface area contributed by atoms with Crippen molar-refractivity contribution < 1.29 is 17.9 Å². The predicted octanol–water partition coefficient (Wildman–Crippen LogP) is 4.15. The van der Waals surface area contributed by atoms with Crippen molar-refractivity contribution in [1.82, 2.24) is 9.62 Å². The van der Waals surface area contributed by atoms with Crippen molar-refractivity contribution in [2.24, 2.45) is 0 Å². The molecular weight excluding hydrogens is 472 g/mol. The highest BCUT2D eigenvalue weighted by molar-refractivity contribution is 7.90. The molecule has 1 unspecified atom stereocenters. The Morgan fingerprint density at radius 2 is 1.82 bits per heavy atom. The van der Waals surface area contributed by atoms with Gasteiger partial charge in [0, 0.05) is 24.1 Å². The number of carbonyl (C=O) groups is 1. The number of nitrogens with one attached hydrogen (secondary N) is 1. The molecule has 0 aromatic heterocycles. The van der Waals surface area contributed by atoms with Crippen molar-refractivity contribution in [2.75, 3.05) is 33.9 Å². The maximum absolute atomic E-state index is 13.8. The molecule has 1 amide bonds. The number of methoxy groups -OCH3 is 1. The van der Waals surface area contributed by atoms with Crippen LogP contribution in [0.1, 0.15) is 24.0 Å². The first-order valence-corrected chi connectivity index (χ1v) is 13.1. The molecule has 3 aromatic carbocycles. The summed E-state index contributed by atoms with van der Waals surface area (Å²) in [6.45, 7) is 1.90. The van der Waals surface area contributed by atoms with E-state index in [2.05, 4.69) is 9.62 Å². The number of benzene rings is 3.